The second-order valence-electron chi connectivity index (χ2n) is 10.2. The van der Waals surface area contributed by atoms with Gasteiger partial charge < -0.3 is 24.1 Å². The van der Waals surface area contributed by atoms with Crippen LogP contribution in [-0.4, -0.2) is 91.3 Å². The first-order valence-corrected chi connectivity index (χ1v) is 15.4. The molecule has 0 aliphatic carbocycles. The number of hydrogen-bond acceptors (Lipinski definition) is 9. The molecule has 0 bridgehead atoms. The van der Waals surface area contributed by atoms with Gasteiger partial charge >= 0.3 is 5.97 Å². The lowest BCUT2D eigenvalue weighted by Crippen LogP contribution is -2.38. The third-order valence-corrected chi connectivity index (χ3v) is 8.81. The standard InChI is InChI=1S/C33H34N2O7S2/c1-39-26-19-25(20-27(21-26)40-2)28-17-23(5-8-29(28)42-16-13-34-11-14-41-15-12-34)18-30-31(36)35(33(43)44-30)10-9-22-3-6-24(7-4-22)32(37)38/h3-8,17-21H,9-16H2,1-2H3,(H,37,38)/b30-18-. The first-order chi connectivity index (χ1) is 21.3. The van der Waals surface area contributed by atoms with Gasteiger partial charge in [-0.25, -0.2) is 4.79 Å². The minimum Gasteiger partial charge on any atom is -0.497 e. The molecule has 230 valence electrons. The molecule has 0 aromatic heterocycles. The minimum atomic E-state index is -0.972. The van der Waals surface area contributed by atoms with Crippen LogP contribution in [0.2, 0.25) is 0 Å². The van der Waals surface area contributed by atoms with E-state index >= 15 is 0 Å². The summed E-state index contributed by atoms with van der Waals surface area (Å²) in [5.74, 6) is 0.898. The minimum absolute atomic E-state index is 0.155. The fourth-order valence-corrected chi connectivity index (χ4v) is 6.27. The summed E-state index contributed by atoms with van der Waals surface area (Å²) >= 11 is 6.82. The van der Waals surface area contributed by atoms with Crippen molar-refractivity contribution in [3.8, 4) is 28.4 Å². The van der Waals surface area contributed by atoms with Crippen LogP contribution in [0.5, 0.6) is 17.2 Å². The third-order valence-electron chi connectivity index (χ3n) is 7.43. The zero-order chi connectivity index (χ0) is 31.1. The van der Waals surface area contributed by atoms with Crippen molar-refractivity contribution in [3.05, 3.63) is 82.3 Å². The maximum Gasteiger partial charge on any atom is 0.335 e. The number of carboxylic acid groups (broad SMARTS) is 1. The zero-order valence-corrected chi connectivity index (χ0v) is 26.2. The van der Waals surface area contributed by atoms with Crippen molar-refractivity contribution < 1.29 is 33.6 Å². The molecule has 1 N–H and O–H groups in total. The van der Waals surface area contributed by atoms with Gasteiger partial charge in [0.05, 0.1) is 37.9 Å². The Morgan fingerprint density at radius 3 is 2.36 bits per heavy atom. The van der Waals surface area contributed by atoms with Crippen LogP contribution in [0.25, 0.3) is 17.2 Å². The zero-order valence-electron chi connectivity index (χ0n) is 24.6. The SMILES string of the molecule is COc1cc(OC)cc(-c2cc(/C=C3\SC(=S)N(CCc4ccc(C(=O)O)cc4)C3=O)ccc2OCCN2CCOCC2)c1. The quantitative estimate of drug-likeness (QED) is 0.211. The van der Waals surface area contributed by atoms with Gasteiger partial charge in [0.25, 0.3) is 5.91 Å². The lowest BCUT2D eigenvalue weighted by atomic mass is 10.0. The Balaban J connectivity index is 1.36. The maximum atomic E-state index is 13.4. The molecule has 0 saturated carbocycles. The molecule has 1 amide bonds. The first-order valence-electron chi connectivity index (χ1n) is 14.2. The molecule has 9 nitrogen and oxygen atoms in total. The van der Waals surface area contributed by atoms with E-state index in [-0.39, 0.29) is 11.5 Å². The van der Waals surface area contributed by atoms with Gasteiger partial charge in [-0.2, -0.15) is 0 Å². The number of benzene rings is 3. The van der Waals surface area contributed by atoms with E-state index in [1.807, 2.05) is 42.5 Å². The highest BCUT2D eigenvalue weighted by molar-refractivity contribution is 8.26. The van der Waals surface area contributed by atoms with E-state index in [1.54, 1.807) is 43.4 Å². The molecule has 3 aromatic rings. The summed E-state index contributed by atoms with van der Waals surface area (Å²) in [6, 6.07) is 18.2. The fraction of sp³-hybridized carbons (Fsp3) is 0.303. The topological polar surface area (TPSA) is 97.8 Å². The average molecular weight is 635 g/mol. The molecular formula is C33H34N2O7S2. The Morgan fingerprint density at radius 2 is 1.70 bits per heavy atom. The molecule has 2 heterocycles. The highest BCUT2D eigenvalue weighted by atomic mass is 32.2. The van der Waals surface area contributed by atoms with Crippen LogP contribution in [0, 0.1) is 0 Å². The smallest absolute Gasteiger partial charge is 0.335 e. The molecule has 2 saturated heterocycles. The largest absolute Gasteiger partial charge is 0.497 e. The van der Waals surface area contributed by atoms with E-state index in [9.17, 15) is 9.59 Å². The van der Waals surface area contributed by atoms with E-state index in [1.165, 1.54) is 11.8 Å². The van der Waals surface area contributed by atoms with Crippen molar-refractivity contribution in [2.24, 2.45) is 0 Å². The normalized spacial score (nSPS) is 16.4. The van der Waals surface area contributed by atoms with Gasteiger partial charge in [0.15, 0.2) is 0 Å². The van der Waals surface area contributed by atoms with Crippen LogP contribution in [0.1, 0.15) is 21.5 Å². The molecule has 0 radical (unpaired) electrons. The number of morpholine rings is 1. The second-order valence-corrected chi connectivity index (χ2v) is 11.9. The number of methoxy groups -OCH3 is 2. The van der Waals surface area contributed by atoms with Crippen LogP contribution in [0.4, 0.5) is 0 Å². The fourth-order valence-electron chi connectivity index (χ4n) is 4.96. The summed E-state index contributed by atoms with van der Waals surface area (Å²) in [5, 5.41) is 9.13. The number of ether oxygens (including phenoxy) is 4. The van der Waals surface area contributed by atoms with Crippen molar-refractivity contribution in [2.75, 3.05) is 60.2 Å². The molecule has 11 heteroatoms. The molecular weight excluding hydrogens is 601 g/mol. The van der Waals surface area contributed by atoms with Crippen molar-refractivity contribution in [2.45, 2.75) is 6.42 Å². The monoisotopic (exact) mass is 634 g/mol. The number of rotatable bonds is 12. The van der Waals surface area contributed by atoms with E-state index in [0.29, 0.717) is 46.0 Å². The first kappa shape index (κ1) is 31.5. The van der Waals surface area contributed by atoms with Gasteiger partial charge in [0.2, 0.25) is 0 Å². The molecule has 0 unspecified atom stereocenters. The second kappa shape index (κ2) is 14.7. The molecule has 5 rings (SSSR count). The van der Waals surface area contributed by atoms with Gasteiger partial charge in [-0.05, 0) is 65.6 Å². The van der Waals surface area contributed by atoms with Gasteiger partial charge in [0.1, 0.15) is 28.2 Å². The number of thioether (sulfide) groups is 1. The number of aromatic carboxylic acids is 1. The molecule has 2 fully saturated rings. The lowest BCUT2D eigenvalue weighted by Gasteiger charge is -2.26. The molecule has 0 spiro atoms. The maximum absolute atomic E-state index is 13.4. The predicted molar refractivity (Wildman–Crippen MR) is 175 cm³/mol. The molecule has 2 aliphatic heterocycles. The van der Waals surface area contributed by atoms with Crippen LogP contribution < -0.4 is 14.2 Å². The Bertz CT molecular complexity index is 1530. The van der Waals surface area contributed by atoms with Crippen LogP contribution >= 0.6 is 24.0 Å². The summed E-state index contributed by atoms with van der Waals surface area (Å²) in [4.78, 5) is 28.9. The third kappa shape index (κ3) is 7.78. The Kier molecular flexibility index (Phi) is 10.5. The van der Waals surface area contributed by atoms with E-state index in [0.717, 1.165) is 55.1 Å². The summed E-state index contributed by atoms with van der Waals surface area (Å²) in [6.45, 7) is 4.95. The molecule has 2 aliphatic rings. The summed E-state index contributed by atoms with van der Waals surface area (Å²) in [7, 11) is 3.23. The average Bonchev–Trinajstić information content (AvgIpc) is 3.31. The molecule has 3 aromatic carbocycles. The number of carbonyl (C=O) groups is 2. The number of thiocarbonyl (C=S) groups is 1. The summed E-state index contributed by atoms with van der Waals surface area (Å²) < 4.78 is 23.3. The van der Waals surface area contributed by atoms with Crippen molar-refractivity contribution in [1.29, 1.82) is 0 Å². The van der Waals surface area contributed by atoms with Crippen LogP contribution in [0.3, 0.4) is 0 Å². The van der Waals surface area contributed by atoms with Crippen molar-refractivity contribution >= 4 is 46.3 Å². The highest BCUT2D eigenvalue weighted by Gasteiger charge is 2.31. The predicted octanol–water partition coefficient (Wildman–Crippen LogP) is 5.22. The van der Waals surface area contributed by atoms with Crippen molar-refractivity contribution in [3.63, 3.8) is 0 Å². The summed E-state index contributed by atoms with van der Waals surface area (Å²) in [6.07, 6.45) is 2.40. The number of carbonyl (C=O) groups excluding carboxylic acids is 1. The van der Waals surface area contributed by atoms with Crippen molar-refractivity contribution in [1.82, 2.24) is 9.80 Å². The molecule has 0 atom stereocenters. The number of amides is 1. The van der Waals surface area contributed by atoms with Crippen LogP contribution in [-0.2, 0) is 16.0 Å². The number of hydrogen-bond donors (Lipinski definition) is 1. The Labute approximate surface area is 266 Å². The van der Waals surface area contributed by atoms with E-state index < -0.39 is 5.97 Å². The Morgan fingerprint density at radius 1 is 1.00 bits per heavy atom. The van der Waals surface area contributed by atoms with Gasteiger partial charge in [-0.1, -0.05) is 42.2 Å². The number of carboxylic acids is 1. The van der Waals surface area contributed by atoms with E-state index in [4.69, 9.17) is 36.3 Å². The van der Waals surface area contributed by atoms with Gasteiger partial charge in [-0.15, -0.1) is 0 Å². The van der Waals surface area contributed by atoms with E-state index in [2.05, 4.69) is 4.90 Å². The van der Waals surface area contributed by atoms with Gasteiger partial charge in [-0.3, -0.25) is 14.6 Å². The summed E-state index contributed by atoms with van der Waals surface area (Å²) in [5.41, 5.74) is 3.68. The van der Waals surface area contributed by atoms with Crippen LogP contribution in [0.15, 0.2) is 65.6 Å². The Hall–Kier alpha value is -3.90. The highest BCUT2D eigenvalue weighted by Crippen LogP contribution is 2.38. The molecule has 44 heavy (non-hydrogen) atoms. The number of nitrogens with zero attached hydrogens (tertiary/aromatic N) is 2. The van der Waals surface area contributed by atoms with Gasteiger partial charge in [0, 0.05) is 37.8 Å². The lowest BCUT2D eigenvalue weighted by molar-refractivity contribution is -0.122.